The van der Waals surface area contributed by atoms with Crippen molar-refractivity contribution < 1.29 is 14.4 Å². The van der Waals surface area contributed by atoms with Crippen LogP contribution in [0.25, 0.3) is 10.8 Å². The summed E-state index contributed by atoms with van der Waals surface area (Å²) in [6.45, 7) is 2.84. The van der Waals surface area contributed by atoms with Gasteiger partial charge in [-0.2, -0.15) is 0 Å². The number of nitrogens with zero attached hydrogens (tertiary/aromatic N) is 2. The van der Waals surface area contributed by atoms with Gasteiger partial charge >= 0.3 is 0 Å². The Hall–Kier alpha value is -4.45. The Morgan fingerprint density at radius 2 is 1.61 bits per heavy atom. The van der Waals surface area contributed by atoms with Crippen molar-refractivity contribution in [1.82, 2.24) is 10.2 Å². The lowest BCUT2D eigenvalue weighted by atomic mass is 9.94. The van der Waals surface area contributed by atoms with Crippen molar-refractivity contribution in [3.8, 4) is 0 Å². The Bertz CT molecular complexity index is 1640. The molecule has 1 N–H and O–H groups in total. The number of aryl methyl sites for hydroxylation is 1. The zero-order chi connectivity index (χ0) is 30.5. The van der Waals surface area contributed by atoms with Gasteiger partial charge in [0.25, 0.3) is 5.91 Å². The summed E-state index contributed by atoms with van der Waals surface area (Å²) in [4.78, 5) is 45.2. The lowest BCUT2D eigenvalue weighted by Crippen LogP contribution is -2.53. The first-order valence-corrected chi connectivity index (χ1v) is 16.0. The van der Waals surface area contributed by atoms with Gasteiger partial charge in [-0.1, -0.05) is 98.1 Å². The van der Waals surface area contributed by atoms with E-state index >= 15 is 0 Å². The van der Waals surface area contributed by atoms with E-state index in [1.165, 1.54) is 6.42 Å². The largest absolute Gasteiger partial charge is 0.352 e. The first kappa shape index (κ1) is 29.6. The fourth-order valence-electron chi connectivity index (χ4n) is 6.80. The third-order valence-electron chi connectivity index (χ3n) is 9.25. The van der Waals surface area contributed by atoms with E-state index in [0.717, 1.165) is 58.8 Å². The number of benzene rings is 4. The van der Waals surface area contributed by atoms with Crippen LogP contribution in [-0.2, 0) is 22.6 Å². The molecule has 0 spiro atoms. The minimum atomic E-state index is -0.641. The van der Waals surface area contributed by atoms with Gasteiger partial charge in [0, 0.05) is 42.9 Å². The zero-order valence-corrected chi connectivity index (χ0v) is 25.5. The second-order valence-electron chi connectivity index (χ2n) is 12.2. The topological polar surface area (TPSA) is 69.7 Å². The fourth-order valence-corrected chi connectivity index (χ4v) is 6.80. The van der Waals surface area contributed by atoms with Gasteiger partial charge in [0.15, 0.2) is 0 Å². The van der Waals surface area contributed by atoms with Crippen LogP contribution in [0.3, 0.4) is 0 Å². The minimum absolute atomic E-state index is 0.0187. The van der Waals surface area contributed by atoms with E-state index in [1.807, 2.05) is 97.9 Å². The van der Waals surface area contributed by atoms with Crippen molar-refractivity contribution in [2.45, 2.75) is 76.9 Å². The third-order valence-corrected chi connectivity index (χ3v) is 9.25. The number of hydrogen-bond acceptors (Lipinski definition) is 3. The molecule has 226 valence electrons. The number of anilines is 1. The molecule has 1 aliphatic heterocycles. The maximum atomic E-state index is 14.2. The van der Waals surface area contributed by atoms with Gasteiger partial charge < -0.3 is 15.1 Å². The molecular formula is C38H41N3O3. The summed E-state index contributed by atoms with van der Waals surface area (Å²) in [5, 5.41) is 5.34. The molecule has 1 aliphatic carbocycles. The van der Waals surface area contributed by atoms with E-state index in [1.54, 1.807) is 9.80 Å². The van der Waals surface area contributed by atoms with Gasteiger partial charge in [0.1, 0.15) is 6.04 Å². The zero-order valence-electron chi connectivity index (χ0n) is 25.5. The molecule has 1 atom stereocenters. The third kappa shape index (κ3) is 6.40. The van der Waals surface area contributed by atoms with Crippen LogP contribution < -0.4 is 10.2 Å². The Morgan fingerprint density at radius 3 is 2.39 bits per heavy atom. The number of hydrogen-bond donors (Lipinski definition) is 1. The van der Waals surface area contributed by atoms with E-state index in [9.17, 15) is 14.4 Å². The molecule has 0 saturated heterocycles. The number of amides is 3. The summed E-state index contributed by atoms with van der Waals surface area (Å²) in [6, 6.07) is 29.3. The quantitative estimate of drug-likeness (QED) is 0.206. The normalized spacial score (nSPS) is 15.4. The molecule has 6 nitrogen and oxygen atoms in total. The van der Waals surface area contributed by atoms with Crippen LogP contribution in [0.1, 0.15) is 72.0 Å². The molecule has 6 rings (SSSR count). The molecule has 1 heterocycles. The molecule has 0 aromatic heterocycles. The van der Waals surface area contributed by atoms with Crippen molar-refractivity contribution in [1.29, 1.82) is 0 Å². The van der Waals surface area contributed by atoms with E-state index in [4.69, 9.17) is 0 Å². The van der Waals surface area contributed by atoms with Crippen molar-refractivity contribution in [2.24, 2.45) is 0 Å². The molecule has 1 saturated carbocycles. The fraction of sp³-hybridized carbons (Fsp3) is 0.342. The smallest absolute Gasteiger partial charge is 0.258 e. The second-order valence-corrected chi connectivity index (χ2v) is 12.2. The molecular weight excluding hydrogens is 546 g/mol. The molecule has 44 heavy (non-hydrogen) atoms. The molecule has 0 radical (unpaired) electrons. The second kappa shape index (κ2) is 13.5. The van der Waals surface area contributed by atoms with Crippen molar-refractivity contribution >= 4 is 34.2 Å². The van der Waals surface area contributed by atoms with Crippen LogP contribution in [-0.4, -0.2) is 41.2 Å². The number of carbonyl (C=O) groups excluding carboxylic acids is 3. The molecule has 6 heteroatoms. The van der Waals surface area contributed by atoms with E-state index in [-0.39, 0.29) is 30.2 Å². The van der Waals surface area contributed by atoms with E-state index in [0.29, 0.717) is 31.5 Å². The van der Waals surface area contributed by atoms with E-state index < -0.39 is 6.04 Å². The van der Waals surface area contributed by atoms with Crippen LogP contribution in [0.5, 0.6) is 0 Å². The minimum Gasteiger partial charge on any atom is -0.352 e. The highest BCUT2D eigenvalue weighted by Gasteiger charge is 2.33. The number of nitrogens with one attached hydrogen (secondary N) is 1. The number of rotatable bonds is 11. The predicted octanol–water partition coefficient (Wildman–Crippen LogP) is 6.98. The molecule has 2 aliphatic rings. The average Bonchev–Trinajstić information content (AvgIpc) is 3.32. The van der Waals surface area contributed by atoms with Gasteiger partial charge in [-0.15, -0.1) is 0 Å². The van der Waals surface area contributed by atoms with E-state index in [2.05, 4.69) is 5.32 Å². The first-order chi connectivity index (χ1) is 21.5. The number of carbonyl (C=O) groups is 3. The Morgan fingerprint density at radius 1 is 0.886 bits per heavy atom. The molecule has 1 unspecified atom stereocenters. The highest BCUT2D eigenvalue weighted by atomic mass is 16.2. The van der Waals surface area contributed by atoms with Crippen LogP contribution in [0.2, 0.25) is 0 Å². The van der Waals surface area contributed by atoms with Gasteiger partial charge in [-0.3, -0.25) is 14.4 Å². The summed E-state index contributed by atoms with van der Waals surface area (Å²) in [5.74, 6) is -0.176. The Kier molecular flexibility index (Phi) is 9.06. The molecule has 4 aromatic carbocycles. The maximum absolute atomic E-state index is 14.2. The Balaban J connectivity index is 1.24. The van der Waals surface area contributed by atoms with Gasteiger partial charge in [0.2, 0.25) is 11.8 Å². The van der Waals surface area contributed by atoms with Crippen molar-refractivity contribution in [2.75, 3.05) is 11.4 Å². The summed E-state index contributed by atoms with van der Waals surface area (Å²) >= 11 is 0. The molecule has 4 aromatic rings. The highest BCUT2D eigenvalue weighted by Crippen LogP contribution is 2.37. The standard InChI is InChI=1S/C38H41N3O3/c1-27-13-8-9-16-30(27)26-41(34(25-28-14-4-2-5-15-28)37(43)39-31-19-6-3-7-20-31)35(42)23-12-24-40-33-22-11-18-29-17-10-21-32(36(29)33)38(40)44/h2,4-5,8-11,13-18,21-22,31,34H,3,6-7,12,19-20,23-26H2,1H3,(H,39,43). The van der Waals surface area contributed by atoms with Crippen LogP contribution in [0, 0.1) is 6.92 Å². The SMILES string of the molecule is Cc1ccccc1CN(C(=O)CCCN1C(=O)c2cccc3cccc1c23)C(Cc1ccccc1)C(=O)NC1CCCCC1. The Labute approximate surface area is 260 Å². The summed E-state index contributed by atoms with van der Waals surface area (Å²) in [5.41, 5.74) is 4.76. The highest BCUT2D eigenvalue weighted by molar-refractivity contribution is 6.25. The molecule has 0 bridgehead atoms. The van der Waals surface area contributed by atoms with Crippen LogP contribution in [0.4, 0.5) is 5.69 Å². The monoisotopic (exact) mass is 587 g/mol. The summed E-state index contributed by atoms with van der Waals surface area (Å²) < 4.78 is 0. The van der Waals surface area contributed by atoms with Gasteiger partial charge in [-0.05, 0) is 60.4 Å². The van der Waals surface area contributed by atoms with Crippen molar-refractivity contribution in [3.63, 3.8) is 0 Å². The lowest BCUT2D eigenvalue weighted by Gasteiger charge is -2.34. The molecule has 3 amide bonds. The van der Waals surface area contributed by atoms with Gasteiger partial charge in [0.05, 0.1) is 5.69 Å². The first-order valence-electron chi connectivity index (χ1n) is 16.0. The summed E-state index contributed by atoms with van der Waals surface area (Å²) in [6.07, 6.45) is 6.59. The predicted molar refractivity (Wildman–Crippen MR) is 176 cm³/mol. The van der Waals surface area contributed by atoms with Gasteiger partial charge in [-0.25, -0.2) is 0 Å². The van der Waals surface area contributed by atoms with Crippen LogP contribution in [0.15, 0.2) is 91.0 Å². The summed E-state index contributed by atoms with van der Waals surface area (Å²) in [7, 11) is 0. The van der Waals surface area contributed by atoms with Crippen LogP contribution >= 0.6 is 0 Å². The maximum Gasteiger partial charge on any atom is 0.258 e. The van der Waals surface area contributed by atoms with Crippen molar-refractivity contribution in [3.05, 3.63) is 113 Å². The average molecular weight is 588 g/mol. The molecule has 1 fully saturated rings. The lowest BCUT2D eigenvalue weighted by molar-refractivity contribution is -0.141.